The van der Waals surface area contributed by atoms with E-state index in [0.717, 1.165) is 12.8 Å². The van der Waals surface area contributed by atoms with E-state index in [1.807, 2.05) is 18.2 Å². The molecule has 0 saturated carbocycles. The fourth-order valence-corrected chi connectivity index (χ4v) is 4.22. The van der Waals surface area contributed by atoms with Crippen LogP contribution in [-0.4, -0.2) is 15.4 Å². The second-order valence-electron chi connectivity index (χ2n) is 6.84. The Balaban J connectivity index is 1.80. The first-order valence-corrected chi connectivity index (χ1v) is 9.12. The van der Waals surface area contributed by atoms with Gasteiger partial charge in [-0.25, -0.2) is 0 Å². The van der Waals surface area contributed by atoms with Crippen LogP contribution in [0.5, 0.6) is 0 Å². The Labute approximate surface area is 148 Å². The molecule has 1 fully saturated rings. The third-order valence-corrected chi connectivity index (χ3v) is 5.42. The average molecular weight is 332 g/mol. The second-order valence-corrected chi connectivity index (χ2v) is 6.84. The molecule has 4 rings (SSSR count). The molecule has 25 heavy (non-hydrogen) atoms. The standard InChI is InChI=1S/C22H24N2O/c1-3-19-16(2)18-11-7-8-12-20(18)24(19)21-13-14-22(25)23(21)15-17-9-5-4-6-10-17/h4-12,21H,3,13-15H2,1-2H3/t21-/m1/s1. The minimum Gasteiger partial charge on any atom is -0.323 e. The number of benzene rings is 2. The molecule has 2 heterocycles. The average Bonchev–Trinajstić information content (AvgIpc) is 3.14. The molecule has 1 atom stereocenters. The summed E-state index contributed by atoms with van der Waals surface area (Å²) in [6.45, 7) is 5.09. The van der Waals surface area contributed by atoms with Gasteiger partial charge in [0.05, 0.1) is 5.52 Å². The quantitative estimate of drug-likeness (QED) is 0.671. The third kappa shape index (κ3) is 2.64. The SMILES string of the molecule is CCc1c(C)c2ccccc2n1[C@@H]1CCC(=O)N1Cc1ccccc1. The summed E-state index contributed by atoms with van der Waals surface area (Å²) < 4.78 is 2.42. The number of aromatic nitrogens is 1. The lowest BCUT2D eigenvalue weighted by Gasteiger charge is -2.29. The molecule has 128 valence electrons. The van der Waals surface area contributed by atoms with E-state index in [1.54, 1.807) is 0 Å². The maximum Gasteiger partial charge on any atom is 0.224 e. The van der Waals surface area contributed by atoms with Crippen LogP contribution in [0.25, 0.3) is 10.9 Å². The van der Waals surface area contributed by atoms with Gasteiger partial charge >= 0.3 is 0 Å². The maximum absolute atomic E-state index is 12.6. The Bertz CT molecular complexity index is 910. The molecule has 3 nitrogen and oxygen atoms in total. The van der Waals surface area contributed by atoms with Crippen LogP contribution in [0.4, 0.5) is 0 Å². The molecule has 1 saturated heterocycles. The van der Waals surface area contributed by atoms with Gasteiger partial charge in [-0.3, -0.25) is 4.79 Å². The predicted molar refractivity (Wildman–Crippen MR) is 101 cm³/mol. The van der Waals surface area contributed by atoms with Crippen molar-refractivity contribution in [1.29, 1.82) is 0 Å². The number of amides is 1. The molecule has 0 radical (unpaired) electrons. The molecule has 1 amide bonds. The highest BCUT2D eigenvalue weighted by Crippen LogP contribution is 2.37. The molecule has 1 aliphatic heterocycles. The molecule has 0 spiro atoms. The fourth-order valence-electron chi connectivity index (χ4n) is 4.22. The predicted octanol–water partition coefficient (Wildman–Crippen LogP) is 4.83. The van der Waals surface area contributed by atoms with Gasteiger partial charge in [0.1, 0.15) is 6.17 Å². The molecule has 1 aromatic heterocycles. The number of nitrogens with zero attached hydrogens (tertiary/aromatic N) is 2. The van der Waals surface area contributed by atoms with Crippen molar-refractivity contribution < 1.29 is 4.79 Å². The first-order valence-electron chi connectivity index (χ1n) is 9.12. The van der Waals surface area contributed by atoms with Crippen molar-refractivity contribution in [3.63, 3.8) is 0 Å². The number of aryl methyl sites for hydroxylation is 1. The Morgan fingerprint density at radius 1 is 1.04 bits per heavy atom. The minimum atomic E-state index is 0.112. The van der Waals surface area contributed by atoms with Gasteiger partial charge in [-0.05, 0) is 37.0 Å². The Kier molecular flexibility index (Phi) is 4.08. The zero-order chi connectivity index (χ0) is 17.4. The van der Waals surface area contributed by atoms with Crippen molar-refractivity contribution in [1.82, 2.24) is 9.47 Å². The summed E-state index contributed by atoms with van der Waals surface area (Å²) in [5.41, 5.74) is 5.12. The molecule has 0 N–H and O–H groups in total. The largest absolute Gasteiger partial charge is 0.323 e. The Morgan fingerprint density at radius 3 is 2.52 bits per heavy atom. The van der Waals surface area contributed by atoms with E-state index < -0.39 is 0 Å². The van der Waals surface area contributed by atoms with Crippen LogP contribution in [0.15, 0.2) is 54.6 Å². The summed E-state index contributed by atoms with van der Waals surface area (Å²) in [5, 5.41) is 1.30. The molecule has 3 aromatic rings. The number of fused-ring (bicyclic) bond motifs is 1. The van der Waals surface area contributed by atoms with Gasteiger partial charge in [0, 0.05) is 24.0 Å². The number of likely N-dealkylation sites (tertiary alicyclic amines) is 1. The molecule has 0 aliphatic carbocycles. The lowest BCUT2D eigenvalue weighted by atomic mass is 10.1. The van der Waals surface area contributed by atoms with E-state index in [9.17, 15) is 4.79 Å². The van der Waals surface area contributed by atoms with Gasteiger partial charge in [0.25, 0.3) is 0 Å². The van der Waals surface area contributed by atoms with E-state index in [0.29, 0.717) is 13.0 Å². The third-order valence-electron chi connectivity index (χ3n) is 5.42. The summed E-state index contributed by atoms with van der Waals surface area (Å²) in [4.78, 5) is 14.7. The maximum atomic E-state index is 12.6. The highest BCUT2D eigenvalue weighted by atomic mass is 16.2. The van der Waals surface area contributed by atoms with Crippen LogP contribution < -0.4 is 0 Å². The van der Waals surface area contributed by atoms with Crippen LogP contribution in [0.1, 0.15) is 42.8 Å². The molecule has 0 unspecified atom stereocenters. The lowest BCUT2D eigenvalue weighted by Crippen LogP contribution is -2.31. The highest BCUT2D eigenvalue weighted by Gasteiger charge is 2.34. The van der Waals surface area contributed by atoms with Gasteiger partial charge in [-0.15, -0.1) is 0 Å². The number of carbonyl (C=O) groups is 1. The van der Waals surface area contributed by atoms with E-state index in [4.69, 9.17) is 0 Å². The molecular weight excluding hydrogens is 308 g/mol. The highest BCUT2D eigenvalue weighted by molar-refractivity contribution is 5.86. The summed E-state index contributed by atoms with van der Waals surface area (Å²) in [6, 6.07) is 18.9. The topological polar surface area (TPSA) is 25.2 Å². The Hall–Kier alpha value is -2.55. The van der Waals surface area contributed by atoms with Crippen molar-refractivity contribution in [2.24, 2.45) is 0 Å². The summed E-state index contributed by atoms with van der Waals surface area (Å²) in [5.74, 6) is 0.256. The van der Waals surface area contributed by atoms with Crippen LogP contribution in [0.3, 0.4) is 0 Å². The normalized spacial score (nSPS) is 17.6. The van der Waals surface area contributed by atoms with Crippen molar-refractivity contribution in [3.8, 4) is 0 Å². The molecule has 2 aromatic carbocycles. The lowest BCUT2D eigenvalue weighted by molar-refractivity contribution is -0.130. The van der Waals surface area contributed by atoms with Crippen LogP contribution in [0.2, 0.25) is 0 Å². The van der Waals surface area contributed by atoms with Crippen LogP contribution >= 0.6 is 0 Å². The van der Waals surface area contributed by atoms with Gasteiger partial charge in [-0.2, -0.15) is 0 Å². The smallest absolute Gasteiger partial charge is 0.224 e. The van der Waals surface area contributed by atoms with E-state index in [2.05, 4.69) is 59.7 Å². The second kappa shape index (κ2) is 6.40. The van der Waals surface area contributed by atoms with Crippen molar-refractivity contribution in [2.45, 2.75) is 45.8 Å². The number of hydrogen-bond donors (Lipinski definition) is 0. The van der Waals surface area contributed by atoms with Crippen molar-refractivity contribution in [2.75, 3.05) is 0 Å². The zero-order valence-corrected chi connectivity index (χ0v) is 14.9. The van der Waals surface area contributed by atoms with E-state index >= 15 is 0 Å². The number of carbonyl (C=O) groups excluding carboxylic acids is 1. The fraction of sp³-hybridized carbons (Fsp3) is 0.318. The van der Waals surface area contributed by atoms with Gasteiger partial charge < -0.3 is 9.47 Å². The minimum absolute atomic E-state index is 0.112. The summed E-state index contributed by atoms with van der Waals surface area (Å²) in [6.07, 6.45) is 2.61. The first-order chi connectivity index (χ1) is 12.2. The number of hydrogen-bond acceptors (Lipinski definition) is 1. The molecule has 0 bridgehead atoms. The number of rotatable bonds is 4. The number of para-hydroxylation sites is 1. The van der Waals surface area contributed by atoms with Crippen molar-refractivity contribution in [3.05, 3.63) is 71.4 Å². The molecule has 3 heteroatoms. The molecule has 1 aliphatic rings. The first kappa shape index (κ1) is 15.9. The van der Waals surface area contributed by atoms with E-state index in [1.165, 1.54) is 27.7 Å². The van der Waals surface area contributed by atoms with Crippen LogP contribution in [0, 0.1) is 6.92 Å². The summed E-state index contributed by atoms with van der Waals surface area (Å²) >= 11 is 0. The monoisotopic (exact) mass is 332 g/mol. The summed E-state index contributed by atoms with van der Waals surface area (Å²) in [7, 11) is 0. The molecular formula is C22H24N2O. The van der Waals surface area contributed by atoms with E-state index in [-0.39, 0.29) is 12.1 Å². The van der Waals surface area contributed by atoms with Gasteiger partial charge in [0.2, 0.25) is 5.91 Å². The Morgan fingerprint density at radius 2 is 1.76 bits per heavy atom. The van der Waals surface area contributed by atoms with Gasteiger partial charge in [0.15, 0.2) is 0 Å². The van der Waals surface area contributed by atoms with Crippen LogP contribution in [-0.2, 0) is 17.8 Å². The zero-order valence-electron chi connectivity index (χ0n) is 14.9. The van der Waals surface area contributed by atoms with Crippen molar-refractivity contribution >= 4 is 16.8 Å². The van der Waals surface area contributed by atoms with Gasteiger partial charge in [-0.1, -0.05) is 55.5 Å².